The zero-order chi connectivity index (χ0) is 18.1. The van der Waals surface area contributed by atoms with Gasteiger partial charge in [0.25, 0.3) is 0 Å². The van der Waals surface area contributed by atoms with Crippen molar-refractivity contribution in [3.8, 4) is 0 Å². The number of carbonyl (C=O) groups excluding carboxylic acids is 2. The molecule has 0 radical (unpaired) electrons. The van der Waals surface area contributed by atoms with Crippen LogP contribution in [0.1, 0.15) is 35.2 Å². The number of primary amides is 1. The number of hydrogen-bond acceptors (Lipinski definition) is 2. The summed E-state index contributed by atoms with van der Waals surface area (Å²) < 4.78 is 0. The highest BCUT2D eigenvalue weighted by Gasteiger charge is 2.27. The van der Waals surface area contributed by atoms with E-state index in [1.165, 1.54) is 16.5 Å². The maximum Gasteiger partial charge on any atom is 0.314 e. The third kappa shape index (κ3) is 3.48. The van der Waals surface area contributed by atoms with Crippen molar-refractivity contribution in [3.05, 3.63) is 34.5 Å². The minimum Gasteiger partial charge on any atom is -0.358 e. The van der Waals surface area contributed by atoms with E-state index >= 15 is 0 Å². The highest BCUT2D eigenvalue weighted by molar-refractivity contribution is 5.88. The first-order valence-corrected chi connectivity index (χ1v) is 8.77. The fourth-order valence-corrected chi connectivity index (χ4v) is 3.65. The lowest BCUT2D eigenvalue weighted by atomic mass is 9.97. The van der Waals surface area contributed by atoms with Crippen LogP contribution in [0.2, 0.25) is 0 Å². The number of H-pyrrole nitrogens is 1. The van der Waals surface area contributed by atoms with E-state index in [2.05, 4.69) is 43.2 Å². The minimum atomic E-state index is -0.449. The normalized spacial score (nSPS) is 17.7. The number of nitrogens with one attached hydrogen (secondary N) is 2. The van der Waals surface area contributed by atoms with E-state index in [9.17, 15) is 9.59 Å². The maximum atomic E-state index is 12.5. The fraction of sp³-hybridized carbons (Fsp3) is 0.474. The summed E-state index contributed by atoms with van der Waals surface area (Å²) in [7, 11) is 0. The quantitative estimate of drug-likeness (QED) is 0.800. The molecule has 1 unspecified atom stereocenters. The largest absolute Gasteiger partial charge is 0.358 e. The van der Waals surface area contributed by atoms with Gasteiger partial charge in [0, 0.05) is 30.7 Å². The van der Waals surface area contributed by atoms with Crippen LogP contribution in [0.25, 0.3) is 10.9 Å². The number of fused-ring (bicyclic) bond motifs is 1. The average molecular weight is 342 g/mol. The zero-order valence-electron chi connectivity index (χ0n) is 15.1. The smallest absolute Gasteiger partial charge is 0.314 e. The standard InChI is InChI=1S/C19H26N4O2/c1-11-7-15(17-16(8-11)12(2)13(3)22-17)9-21-18(24)14-5-4-6-23(10-14)19(20)25/h7-8,14,22H,4-6,9-10H2,1-3H3,(H2,20,25)(H,21,24). The van der Waals surface area contributed by atoms with Gasteiger partial charge < -0.3 is 20.9 Å². The Morgan fingerprint density at radius 3 is 2.80 bits per heavy atom. The molecule has 134 valence electrons. The number of rotatable bonds is 3. The van der Waals surface area contributed by atoms with E-state index < -0.39 is 6.03 Å². The highest BCUT2D eigenvalue weighted by Crippen LogP contribution is 2.26. The molecule has 3 rings (SSSR count). The Kier molecular flexibility index (Phi) is 4.70. The highest BCUT2D eigenvalue weighted by atomic mass is 16.2. The van der Waals surface area contributed by atoms with Crippen LogP contribution < -0.4 is 11.1 Å². The van der Waals surface area contributed by atoms with E-state index in [1.807, 2.05) is 0 Å². The average Bonchev–Trinajstić information content (AvgIpc) is 2.87. The number of aromatic amines is 1. The van der Waals surface area contributed by atoms with Crippen molar-refractivity contribution in [1.82, 2.24) is 15.2 Å². The van der Waals surface area contributed by atoms with Gasteiger partial charge in [-0.05, 0) is 50.8 Å². The molecule has 1 aliphatic rings. The van der Waals surface area contributed by atoms with Crippen LogP contribution in [0.3, 0.4) is 0 Å². The Balaban J connectivity index is 1.73. The van der Waals surface area contributed by atoms with Crippen LogP contribution in [-0.2, 0) is 11.3 Å². The van der Waals surface area contributed by atoms with Crippen molar-refractivity contribution in [2.45, 2.75) is 40.2 Å². The number of piperidine rings is 1. The number of likely N-dealkylation sites (tertiary alicyclic amines) is 1. The van der Waals surface area contributed by atoms with Crippen molar-refractivity contribution in [2.24, 2.45) is 11.7 Å². The van der Waals surface area contributed by atoms with Gasteiger partial charge >= 0.3 is 6.03 Å². The van der Waals surface area contributed by atoms with Gasteiger partial charge in [0.05, 0.1) is 11.4 Å². The Labute approximate surface area is 147 Å². The van der Waals surface area contributed by atoms with E-state index in [4.69, 9.17) is 5.73 Å². The summed E-state index contributed by atoms with van der Waals surface area (Å²) in [5.74, 6) is -0.200. The second-order valence-corrected chi connectivity index (χ2v) is 7.06. The molecule has 1 saturated heterocycles. The van der Waals surface area contributed by atoms with Gasteiger partial charge in [-0.3, -0.25) is 4.79 Å². The number of aryl methyl sites for hydroxylation is 3. The van der Waals surface area contributed by atoms with Gasteiger partial charge in [0.2, 0.25) is 5.91 Å². The van der Waals surface area contributed by atoms with Crippen LogP contribution in [0, 0.1) is 26.7 Å². The fourth-order valence-electron chi connectivity index (χ4n) is 3.65. The molecular weight excluding hydrogens is 316 g/mol. The van der Waals surface area contributed by atoms with Crippen molar-refractivity contribution in [2.75, 3.05) is 13.1 Å². The molecule has 1 aromatic carbocycles. The topological polar surface area (TPSA) is 91.2 Å². The lowest BCUT2D eigenvalue weighted by Crippen LogP contribution is -2.47. The first-order valence-electron chi connectivity index (χ1n) is 8.77. The molecule has 4 N–H and O–H groups in total. The molecule has 0 saturated carbocycles. The predicted molar refractivity (Wildman–Crippen MR) is 98.2 cm³/mol. The van der Waals surface area contributed by atoms with Crippen LogP contribution >= 0.6 is 0 Å². The molecule has 1 atom stereocenters. The summed E-state index contributed by atoms with van der Waals surface area (Å²) in [6.45, 7) is 7.76. The molecular formula is C19H26N4O2. The van der Waals surface area contributed by atoms with E-state index in [1.54, 1.807) is 4.90 Å². The molecule has 2 aromatic rings. The number of benzene rings is 1. The van der Waals surface area contributed by atoms with E-state index in [0.717, 1.165) is 29.6 Å². The van der Waals surface area contributed by atoms with Crippen LogP contribution in [0.5, 0.6) is 0 Å². The number of hydrogen-bond donors (Lipinski definition) is 3. The molecule has 1 aliphatic heterocycles. The Bertz CT molecular complexity index is 824. The Morgan fingerprint density at radius 1 is 1.32 bits per heavy atom. The first kappa shape index (κ1) is 17.3. The van der Waals surface area contributed by atoms with Gasteiger partial charge in [-0.2, -0.15) is 0 Å². The molecule has 0 bridgehead atoms. The summed E-state index contributed by atoms with van der Waals surface area (Å²) in [4.78, 5) is 28.8. The van der Waals surface area contributed by atoms with Gasteiger partial charge in [-0.1, -0.05) is 11.6 Å². The number of amides is 3. The summed E-state index contributed by atoms with van der Waals surface area (Å²) in [5, 5.41) is 4.25. The van der Waals surface area contributed by atoms with Gasteiger partial charge in [-0.15, -0.1) is 0 Å². The molecule has 25 heavy (non-hydrogen) atoms. The lowest BCUT2D eigenvalue weighted by Gasteiger charge is -2.30. The molecule has 3 amide bonds. The number of nitrogens with two attached hydrogens (primary N) is 1. The predicted octanol–water partition coefficient (Wildman–Crippen LogP) is 2.50. The minimum absolute atomic E-state index is 0.0133. The molecule has 2 heterocycles. The second-order valence-electron chi connectivity index (χ2n) is 7.06. The summed E-state index contributed by atoms with van der Waals surface area (Å²) in [6, 6.07) is 3.83. The molecule has 6 nitrogen and oxygen atoms in total. The van der Waals surface area contributed by atoms with Crippen LogP contribution in [0.4, 0.5) is 4.79 Å². The molecule has 1 fully saturated rings. The zero-order valence-corrected chi connectivity index (χ0v) is 15.1. The Morgan fingerprint density at radius 2 is 2.08 bits per heavy atom. The molecule has 1 aromatic heterocycles. The monoisotopic (exact) mass is 342 g/mol. The number of carbonyl (C=O) groups is 2. The Hall–Kier alpha value is -2.50. The van der Waals surface area contributed by atoms with Gasteiger partial charge in [-0.25, -0.2) is 4.79 Å². The van der Waals surface area contributed by atoms with Crippen molar-refractivity contribution < 1.29 is 9.59 Å². The maximum absolute atomic E-state index is 12.5. The number of nitrogens with zero attached hydrogens (tertiary/aromatic N) is 1. The van der Waals surface area contributed by atoms with Crippen molar-refractivity contribution in [1.29, 1.82) is 0 Å². The number of aromatic nitrogens is 1. The first-order chi connectivity index (χ1) is 11.9. The second kappa shape index (κ2) is 6.78. The lowest BCUT2D eigenvalue weighted by molar-refractivity contribution is -0.126. The van der Waals surface area contributed by atoms with Crippen LogP contribution in [-0.4, -0.2) is 34.9 Å². The van der Waals surface area contributed by atoms with E-state index in [-0.39, 0.29) is 11.8 Å². The summed E-state index contributed by atoms with van der Waals surface area (Å²) >= 11 is 0. The van der Waals surface area contributed by atoms with Crippen molar-refractivity contribution in [3.63, 3.8) is 0 Å². The van der Waals surface area contributed by atoms with Crippen molar-refractivity contribution >= 4 is 22.8 Å². The van der Waals surface area contributed by atoms with Gasteiger partial charge in [0.15, 0.2) is 0 Å². The third-order valence-corrected chi connectivity index (χ3v) is 5.20. The van der Waals surface area contributed by atoms with E-state index in [0.29, 0.717) is 19.6 Å². The summed E-state index contributed by atoms with van der Waals surface area (Å²) in [6.07, 6.45) is 1.60. The molecule has 6 heteroatoms. The SMILES string of the molecule is Cc1cc(CNC(=O)C2CCCN(C(N)=O)C2)c2[nH]c(C)c(C)c2c1. The third-order valence-electron chi connectivity index (χ3n) is 5.20. The number of urea groups is 1. The molecule has 0 aliphatic carbocycles. The van der Waals surface area contributed by atoms with Gasteiger partial charge in [0.1, 0.15) is 0 Å². The summed E-state index contributed by atoms with van der Waals surface area (Å²) in [5.41, 5.74) is 11.1. The molecule has 0 spiro atoms. The van der Waals surface area contributed by atoms with Crippen LogP contribution in [0.15, 0.2) is 12.1 Å².